The third-order valence-electron chi connectivity index (χ3n) is 8.86. The molecule has 0 bridgehead atoms. The second kappa shape index (κ2) is 6.63. The quantitative estimate of drug-likeness (QED) is 0.556. The van der Waals surface area contributed by atoms with Crippen molar-refractivity contribution in [2.75, 3.05) is 37.6 Å². The van der Waals surface area contributed by atoms with Gasteiger partial charge in [0.05, 0.1) is 12.0 Å². The van der Waals surface area contributed by atoms with E-state index < -0.39 is 0 Å². The van der Waals surface area contributed by atoms with Gasteiger partial charge in [-0.05, 0) is 31.2 Å². The number of esters is 1. The standard InChI is InChI=1S/C23H32N4O3/c1-15-5-3-6-22(2)13-17-18(19-23(15,22)30-19)16(20(28)29-17)14-26-9-11-27(12-10-26)21-24-7-4-8-25-21/h4,7-8,15-19H,3,5-6,9-14H2,1-2H3/t15-,16+,17+,18+,19-,22+,23+/m0/s1. The second-order valence-electron chi connectivity index (χ2n) is 10.4. The van der Waals surface area contributed by atoms with E-state index in [1.165, 1.54) is 19.3 Å². The summed E-state index contributed by atoms with van der Waals surface area (Å²) in [7, 11) is 0. The topological polar surface area (TPSA) is 71.1 Å². The third-order valence-corrected chi connectivity index (χ3v) is 8.86. The molecular formula is C23H32N4O3. The van der Waals surface area contributed by atoms with Gasteiger partial charge in [0.1, 0.15) is 11.7 Å². The number of carbonyl (C=O) groups is 1. The Morgan fingerprint density at radius 1 is 1.20 bits per heavy atom. The molecule has 2 aliphatic carbocycles. The molecule has 0 radical (unpaired) electrons. The molecule has 1 aromatic rings. The van der Waals surface area contributed by atoms with Crippen LogP contribution in [0.4, 0.5) is 5.95 Å². The highest BCUT2D eigenvalue weighted by Gasteiger charge is 2.78. The molecule has 0 amide bonds. The molecule has 6 rings (SSSR count). The molecule has 4 heterocycles. The fraction of sp³-hybridized carbons (Fsp3) is 0.783. The molecule has 0 N–H and O–H groups in total. The fourth-order valence-corrected chi connectivity index (χ4v) is 7.31. The van der Waals surface area contributed by atoms with Gasteiger partial charge >= 0.3 is 5.97 Å². The van der Waals surface area contributed by atoms with Crippen molar-refractivity contribution in [3.05, 3.63) is 18.5 Å². The van der Waals surface area contributed by atoms with E-state index in [1.807, 2.05) is 6.07 Å². The first-order valence-electron chi connectivity index (χ1n) is 11.6. The lowest BCUT2D eigenvalue weighted by molar-refractivity contribution is -0.146. The molecule has 1 aromatic heterocycles. The Bertz CT molecular complexity index is 829. The summed E-state index contributed by atoms with van der Waals surface area (Å²) in [6, 6.07) is 1.84. The fourth-order valence-electron chi connectivity index (χ4n) is 7.31. The number of hydrogen-bond donors (Lipinski definition) is 0. The Balaban J connectivity index is 1.15. The maximum absolute atomic E-state index is 12.9. The molecule has 30 heavy (non-hydrogen) atoms. The molecule has 3 aliphatic heterocycles. The number of ether oxygens (including phenoxy) is 2. The zero-order valence-electron chi connectivity index (χ0n) is 18.0. The third kappa shape index (κ3) is 2.60. The smallest absolute Gasteiger partial charge is 0.311 e. The Morgan fingerprint density at radius 3 is 2.73 bits per heavy atom. The lowest BCUT2D eigenvalue weighted by Crippen LogP contribution is -2.55. The van der Waals surface area contributed by atoms with Gasteiger partial charge in [-0.3, -0.25) is 9.69 Å². The van der Waals surface area contributed by atoms with Crippen molar-refractivity contribution in [1.29, 1.82) is 0 Å². The van der Waals surface area contributed by atoms with Crippen LogP contribution >= 0.6 is 0 Å². The maximum Gasteiger partial charge on any atom is 0.311 e. The number of anilines is 1. The molecule has 5 aliphatic rings. The van der Waals surface area contributed by atoms with Crippen LogP contribution in [-0.2, 0) is 14.3 Å². The van der Waals surface area contributed by atoms with Gasteiger partial charge in [0.15, 0.2) is 0 Å². The van der Waals surface area contributed by atoms with Gasteiger partial charge in [-0.2, -0.15) is 0 Å². The van der Waals surface area contributed by atoms with Gasteiger partial charge in [0.25, 0.3) is 0 Å². The van der Waals surface area contributed by atoms with Gasteiger partial charge in [0.2, 0.25) is 5.95 Å². The van der Waals surface area contributed by atoms with E-state index in [1.54, 1.807) is 12.4 Å². The summed E-state index contributed by atoms with van der Waals surface area (Å²) in [5, 5.41) is 0. The van der Waals surface area contributed by atoms with Crippen LogP contribution in [0.1, 0.15) is 39.5 Å². The SMILES string of the molecule is C[C@H]1CCC[C@]2(C)C[C@H]3OC(=O)[C@H](CN4CCN(c5ncccn5)CC4)[C@H]3[C@@H]3O[C@]132. The van der Waals surface area contributed by atoms with Gasteiger partial charge in [-0.25, -0.2) is 9.97 Å². The largest absolute Gasteiger partial charge is 0.462 e. The Labute approximate surface area is 178 Å². The van der Waals surface area contributed by atoms with Crippen molar-refractivity contribution in [2.45, 2.75) is 57.3 Å². The van der Waals surface area contributed by atoms with E-state index >= 15 is 0 Å². The first kappa shape index (κ1) is 19.0. The highest BCUT2D eigenvalue weighted by molar-refractivity contribution is 5.76. The predicted octanol–water partition coefficient (Wildman–Crippen LogP) is 2.12. The van der Waals surface area contributed by atoms with Gasteiger partial charge < -0.3 is 14.4 Å². The molecule has 2 saturated carbocycles. The number of hydrogen-bond acceptors (Lipinski definition) is 7. The molecule has 7 atom stereocenters. The number of nitrogens with zero attached hydrogens (tertiary/aromatic N) is 4. The average Bonchev–Trinajstić information content (AvgIpc) is 3.44. The van der Waals surface area contributed by atoms with Gasteiger partial charge in [0, 0.05) is 56.5 Å². The van der Waals surface area contributed by atoms with Crippen molar-refractivity contribution in [3.8, 4) is 0 Å². The predicted molar refractivity (Wildman–Crippen MR) is 111 cm³/mol. The summed E-state index contributed by atoms with van der Waals surface area (Å²) < 4.78 is 12.5. The van der Waals surface area contributed by atoms with E-state index in [0.29, 0.717) is 5.92 Å². The van der Waals surface area contributed by atoms with Crippen molar-refractivity contribution < 1.29 is 14.3 Å². The number of carbonyl (C=O) groups excluding carboxylic acids is 1. The number of epoxide rings is 1. The van der Waals surface area contributed by atoms with E-state index in [0.717, 1.165) is 45.1 Å². The van der Waals surface area contributed by atoms with E-state index in [2.05, 4.69) is 33.6 Å². The summed E-state index contributed by atoms with van der Waals surface area (Å²) in [6.07, 6.45) is 8.49. The van der Waals surface area contributed by atoms with Crippen LogP contribution < -0.4 is 4.90 Å². The first-order valence-corrected chi connectivity index (χ1v) is 11.6. The number of piperazine rings is 1. The van der Waals surface area contributed by atoms with Crippen LogP contribution in [0, 0.1) is 23.2 Å². The van der Waals surface area contributed by atoms with E-state index in [4.69, 9.17) is 9.47 Å². The summed E-state index contributed by atoms with van der Waals surface area (Å²) in [6.45, 7) is 9.14. The lowest BCUT2D eigenvalue weighted by Gasteiger charge is -2.49. The highest BCUT2D eigenvalue weighted by atomic mass is 16.6. The van der Waals surface area contributed by atoms with Crippen LogP contribution in [0.15, 0.2) is 18.5 Å². The zero-order valence-corrected chi connectivity index (χ0v) is 18.0. The number of rotatable bonds is 3. The minimum Gasteiger partial charge on any atom is -0.462 e. The van der Waals surface area contributed by atoms with Crippen molar-refractivity contribution in [2.24, 2.45) is 23.2 Å². The van der Waals surface area contributed by atoms with Crippen molar-refractivity contribution in [1.82, 2.24) is 14.9 Å². The molecular weight excluding hydrogens is 380 g/mol. The Morgan fingerprint density at radius 2 is 1.97 bits per heavy atom. The van der Waals surface area contributed by atoms with Gasteiger partial charge in [-0.15, -0.1) is 0 Å². The van der Waals surface area contributed by atoms with Crippen LogP contribution in [0.5, 0.6) is 0 Å². The highest BCUT2D eigenvalue weighted by Crippen LogP contribution is 2.70. The molecule has 7 nitrogen and oxygen atoms in total. The van der Waals surface area contributed by atoms with E-state index in [9.17, 15) is 4.79 Å². The maximum atomic E-state index is 12.9. The van der Waals surface area contributed by atoms with Crippen LogP contribution in [0.25, 0.3) is 0 Å². The van der Waals surface area contributed by atoms with E-state index in [-0.39, 0.29) is 41.0 Å². The van der Waals surface area contributed by atoms with Gasteiger partial charge in [-0.1, -0.05) is 20.3 Å². The molecule has 1 spiro atoms. The van der Waals surface area contributed by atoms with Crippen molar-refractivity contribution in [3.63, 3.8) is 0 Å². The van der Waals surface area contributed by atoms with Crippen molar-refractivity contribution >= 4 is 11.9 Å². The van der Waals surface area contributed by atoms with Crippen LogP contribution in [0.3, 0.4) is 0 Å². The minimum atomic E-state index is -0.0578. The zero-order chi connectivity index (χ0) is 20.5. The molecule has 0 aromatic carbocycles. The second-order valence-corrected chi connectivity index (χ2v) is 10.4. The summed E-state index contributed by atoms with van der Waals surface area (Å²) in [4.78, 5) is 26.3. The van der Waals surface area contributed by atoms with Crippen LogP contribution in [-0.4, -0.2) is 71.4 Å². The first-order chi connectivity index (χ1) is 14.5. The normalized spacial score (nSPS) is 45.3. The lowest BCUT2D eigenvalue weighted by atomic mass is 9.53. The molecule has 7 heteroatoms. The minimum absolute atomic E-state index is 0.000581. The average molecular weight is 413 g/mol. The molecule has 3 saturated heterocycles. The summed E-state index contributed by atoms with van der Waals surface area (Å²) >= 11 is 0. The summed E-state index contributed by atoms with van der Waals surface area (Å²) in [5.74, 6) is 1.54. The monoisotopic (exact) mass is 412 g/mol. The number of fused-ring (bicyclic) bond motifs is 2. The molecule has 162 valence electrons. The van der Waals surface area contributed by atoms with Crippen LogP contribution in [0.2, 0.25) is 0 Å². The summed E-state index contributed by atoms with van der Waals surface area (Å²) in [5.41, 5.74) is 0.148. The Kier molecular flexibility index (Phi) is 4.20. The molecule has 5 fully saturated rings. The Hall–Kier alpha value is -1.73. The molecule has 0 unspecified atom stereocenters. The number of aromatic nitrogens is 2.